The summed E-state index contributed by atoms with van der Waals surface area (Å²) in [6.45, 7) is 4.67. The summed E-state index contributed by atoms with van der Waals surface area (Å²) in [6.07, 6.45) is 1.66. The molecule has 5 heteroatoms. The molecule has 0 aromatic heterocycles. The minimum atomic E-state index is -0.297. The molecule has 21 heavy (non-hydrogen) atoms. The number of hydrogen-bond acceptors (Lipinski definition) is 3. The molecule has 1 amide bonds. The Kier molecular flexibility index (Phi) is 10.0. The summed E-state index contributed by atoms with van der Waals surface area (Å²) in [7, 11) is 0. The second-order valence-corrected chi connectivity index (χ2v) is 5.26. The Morgan fingerprint density at radius 2 is 1.95 bits per heavy atom. The Morgan fingerprint density at radius 1 is 1.33 bits per heavy atom. The molecule has 1 aromatic rings. The monoisotopic (exact) mass is 314 g/mol. The molecule has 0 aliphatic rings. The van der Waals surface area contributed by atoms with Crippen LogP contribution >= 0.6 is 12.4 Å². The predicted molar refractivity (Wildman–Crippen MR) is 88.3 cm³/mol. The lowest BCUT2D eigenvalue weighted by molar-refractivity contribution is -0.125. The van der Waals surface area contributed by atoms with Gasteiger partial charge >= 0.3 is 0 Å². The predicted octanol–water partition coefficient (Wildman–Crippen LogP) is 2.27. The molecule has 4 N–H and O–H groups in total. The zero-order chi connectivity index (χ0) is 15.0. The third-order valence-corrected chi connectivity index (χ3v) is 3.82. The highest BCUT2D eigenvalue weighted by Gasteiger charge is 2.22. The third-order valence-electron chi connectivity index (χ3n) is 3.82. The van der Waals surface area contributed by atoms with Gasteiger partial charge in [0.05, 0.1) is 5.92 Å². The molecule has 0 saturated heterocycles. The average Bonchev–Trinajstić information content (AvgIpc) is 2.50. The summed E-state index contributed by atoms with van der Waals surface area (Å²) >= 11 is 0. The molecule has 3 atom stereocenters. The second kappa shape index (κ2) is 10.6. The maximum atomic E-state index is 12.1. The lowest BCUT2D eigenvalue weighted by atomic mass is 9.94. The molecule has 0 radical (unpaired) electrons. The van der Waals surface area contributed by atoms with Crippen molar-refractivity contribution in [3.05, 3.63) is 35.9 Å². The molecular weight excluding hydrogens is 288 g/mol. The smallest absolute Gasteiger partial charge is 0.224 e. The van der Waals surface area contributed by atoms with Crippen molar-refractivity contribution >= 4 is 18.3 Å². The van der Waals surface area contributed by atoms with Crippen molar-refractivity contribution in [1.29, 1.82) is 0 Å². The van der Waals surface area contributed by atoms with Crippen molar-refractivity contribution in [2.24, 2.45) is 17.6 Å². The maximum Gasteiger partial charge on any atom is 0.224 e. The van der Waals surface area contributed by atoms with Gasteiger partial charge in [0.1, 0.15) is 0 Å². The lowest BCUT2D eigenvalue weighted by Gasteiger charge is -2.21. The van der Waals surface area contributed by atoms with Crippen LogP contribution in [-0.2, 0) is 4.79 Å². The Labute approximate surface area is 133 Å². The molecule has 0 bridgehead atoms. The molecule has 4 nitrogen and oxygen atoms in total. The first-order valence-corrected chi connectivity index (χ1v) is 7.29. The van der Waals surface area contributed by atoms with Gasteiger partial charge in [-0.25, -0.2) is 0 Å². The van der Waals surface area contributed by atoms with Gasteiger partial charge in [0.25, 0.3) is 0 Å². The number of carbonyl (C=O) groups excluding carboxylic acids is 1. The second-order valence-electron chi connectivity index (χ2n) is 5.26. The number of hydrogen-bond donors (Lipinski definition) is 3. The first-order chi connectivity index (χ1) is 9.60. The van der Waals surface area contributed by atoms with Crippen molar-refractivity contribution in [2.45, 2.75) is 32.7 Å². The van der Waals surface area contributed by atoms with E-state index in [0.29, 0.717) is 12.5 Å². The number of nitrogens with two attached hydrogens (primary N) is 1. The van der Waals surface area contributed by atoms with Gasteiger partial charge in [-0.15, -0.1) is 12.4 Å². The van der Waals surface area contributed by atoms with Crippen LogP contribution in [0, 0.1) is 11.8 Å². The van der Waals surface area contributed by atoms with Gasteiger partial charge in [0, 0.05) is 19.2 Å². The van der Waals surface area contributed by atoms with E-state index in [9.17, 15) is 4.79 Å². The van der Waals surface area contributed by atoms with Gasteiger partial charge in [-0.1, -0.05) is 50.6 Å². The Morgan fingerprint density at radius 3 is 2.48 bits per heavy atom. The van der Waals surface area contributed by atoms with E-state index >= 15 is 0 Å². The number of nitrogens with one attached hydrogen (secondary N) is 1. The Balaban J connectivity index is 0.00000400. The van der Waals surface area contributed by atoms with Gasteiger partial charge in [-0.05, 0) is 17.9 Å². The van der Waals surface area contributed by atoms with Crippen molar-refractivity contribution in [3.63, 3.8) is 0 Å². The molecule has 1 aromatic carbocycles. The third kappa shape index (κ3) is 6.46. The fraction of sp³-hybridized carbons (Fsp3) is 0.562. The van der Waals surface area contributed by atoms with Crippen molar-refractivity contribution < 1.29 is 9.90 Å². The van der Waals surface area contributed by atoms with Crippen LogP contribution in [0.2, 0.25) is 0 Å². The number of aliphatic hydroxyl groups excluding tert-OH is 1. The van der Waals surface area contributed by atoms with E-state index in [-0.39, 0.29) is 36.9 Å². The summed E-state index contributed by atoms with van der Waals surface area (Å²) in [4.78, 5) is 12.1. The summed E-state index contributed by atoms with van der Waals surface area (Å²) in [5.74, 6) is 0.0193. The van der Waals surface area contributed by atoms with Gasteiger partial charge < -0.3 is 16.2 Å². The van der Waals surface area contributed by atoms with E-state index in [4.69, 9.17) is 10.8 Å². The molecule has 0 heterocycles. The van der Waals surface area contributed by atoms with E-state index in [0.717, 1.165) is 18.4 Å². The van der Waals surface area contributed by atoms with Gasteiger partial charge in [-0.2, -0.15) is 0 Å². The van der Waals surface area contributed by atoms with E-state index in [1.54, 1.807) is 0 Å². The first-order valence-electron chi connectivity index (χ1n) is 7.29. The minimum absolute atomic E-state index is 0. The van der Waals surface area contributed by atoms with E-state index in [1.807, 2.05) is 37.3 Å². The lowest BCUT2D eigenvalue weighted by Crippen LogP contribution is -2.38. The number of amides is 1. The highest BCUT2D eigenvalue weighted by atomic mass is 35.5. The number of carbonyl (C=O) groups is 1. The van der Waals surface area contributed by atoms with Crippen molar-refractivity contribution in [3.8, 4) is 0 Å². The standard InChI is InChI=1S/C16H26N2O2.ClH/c1-3-13(9-10-19)11-18-16(20)12(2)15(17)14-7-5-4-6-8-14;/h4-8,12-13,15,19H,3,9-11,17H2,1-2H3,(H,18,20);1H. The molecule has 0 aliphatic heterocycles. The largest absolute Gasteiger partial charge is 0.396 e. The molecule has 0 fully saturated rings. The molecular formula is C16H27ClN2O2. The van der Waals surface area contributed by atoms with Crippen LogP contribution in [0.15, 0.2) is 30.3 Å². The van der Waals surface area contributed by atoms with Crippen LogP contribution in [0.4, 0.5) is 0 Å². The first kappa shape index (κ1) is 19.9. The quantitative estimate of drug-likeness (QED) is 0.689. The Bertz CT molecular complexity index is 401. The zero-order valence-corrected chi connectivity index (χ0v) is 13.6. The maximum absolute atomic E-state index is 12.1. The average molecular weight is 315 g/mol. The zero-order valence-electron chi connectivity index (χ0n) is 12.8. The SMILES string of the molecule is CCC(CCO)CNC(=O)C(C)C(N)c1ccccc1.Cl. The van der Waals surface area contributed by atoms with Crippen LogP contribution in [0.3, 0.4) is 0 Å². The van der Waals surface area contributed by atoms with Crippen LogP contribution in [0.5, 0.6) is 0 Å². The van der Waals surface area contributed by atoms with Crippen LogP contribution in [0.1, 0.15) is 38.3 Å². The minimum Gasteiger partial charge on any atom is -0.396 e. The van der Waals surface area contributed by atoms with Crippen molar-refractivity contribution in [1.82, 2.24) is 5.32 Å². The molecule has 3 unspecified atom stereocenters. The topological polar surface area (TPSA) is 75.3 Å². The van der Waals surface area contributed by atoms with E-state index < -0.39 is 0 Å². The highest BCUT2D eigenvalue weighted by molar-refractivity contribution is 5.85. The summed E-state index contributed by atoms with van der Waals surface area (Å²) in [5.41, 5.74) is 7.11. The molecule has 1 rings (SSSR count). The number of rotatable bonds is 8. The van der Waals surface area contributed by atoms with Gasteiger partial charge in [0.15, 0.2) is 0 Å². The summed E-state index contributed by atoms with van der Waals surface area (Å²) < 4.78 is 0. The number of benzene rings is 1. The van der Waals surface area contributed by atoms with Gasteiger partial charge in [0.2, 0.25) is 5.91 Å². The van der Waals surface area contributed by atoms with Crippen LogP contribution < -0.4 is 11.1 Å². The molecule has 0 saturated carbocycles. The molecule has 0 spiro atoms. The number of halogens is 1. The van der Waals surface area contributed by atoms with E-state index in [1.165, 1.54) is 0 Å². The van der Waals surface area contributed by atoms with Gasteiger partial charge in [-0.3, -0.25) is 4.79 Å². The highest BCUT2D eigenvalue weighted by Crippen LogP contribution is 2.19. The summed E-state index contributed by atoms with van der Waals surface area (Å²) in [6, 6.07) is 9.36. The molecule has 120 valence electrons. The summed E-state index contributed by atoms with van der Waals surface area (Å²) in [5, 5.41) is 11.9. The normalized spacial score (nSPS) is 14.7. The van der Waals surface area contributed by atoms with Crippen LogP contribution in [-0.4, -0.2) is 24.2 Å². The van der Waals surface area contributed by atoms with E-state index in [2.05, 4.69) is 12.2 Å². The fourth-order valence-corrected chi connectivity index (χ4v) is 2.17. The Hall–Kier alpha value is -1.10. The van der Waals surface area contributed by atoms with Crippen molar-refractivity contribution in [2.75, 3.05) is 13.2 Å². The molecule has 0 aliphatic carbocycles. The number of aliphatic hydroxyl groups is 1. The van der Waals surface area contributed by atoms with Crippen LogP contribution in [0.25, 0.3) is 0 Å². The fourth-order valence-electron chi connectivity index (χ4n) is 2.17.